The number of hydrogen-bond donors (Lipinski definition) is 0. The van der Waals surface area contributed by atoms with Crippen LogP contribution in [0.5, 0.6) is 0 Å². The summed E-state index contributed by atoms with van der Waals surface area (Å²) in [5, 5.41) is 0. The predicted octanol–water partition coefficient (Wildman–Crippen LogP) is 6.96. The molecule has 0 aromatic carbocycles. The Morgan fingerprint density at radius 1 is 0.448 bits per heavy atom. The Labute approximate surface area is 149 Å². The molecular weight excluding hydrogens is 467 g/mol. The van der Waals surface area contributed by atoms with Gasteiger partial charge in [-0.1, -0.05) is 6.58 Å². The molecule has 0 bridgehead atoms. The molecule has 0 saturated carbocycles. The Bertz CT molecular complexity index is 596. The molecule has 0 amide bonds. The van der Waals surface area contributed by atoms with Gasteiger partial charge in [-0.2, -0.15) is 74.6 Å². The molecule has 0 radical (unpaired) electrons. The third-order valence-corrected chi connectivity index (χ3v) is 3.43. The SMILES string of the molecule is C=CC(F)(F)C(F)(F)C(F)(F)C(F)(F)C(F)(F)C(F)(F)C(F)(F)CCC(F)(F)F. The fraction of sp³-hybridized carbons (Fsp3) is 0.833. The highest BCUT2D eigenvalue weighted by molar-refractivity contribution is 5.16. The predicted molar refractivity (Wildman–Crippen MR) is 60.1 cm³/mol. The number of hydrogen-bond acceptors (Lipinski definition) is 0. The van der Waals surface area contributed by atoms with Crippen molar-refractivity contribution in [3.05, 3.63) is 12.7 Å². The highest BCUT2D eigenvalue weighted by Crippen LogP contribution is 2.62. The van der Waals surface area contributed by atoms with Crippen LogP contribution in [-0.2, 0) is 0 Å². The molecule has 0 aromatic rings. The molecule has 0 rings (SSSR count). The standard InChI is InChI=1S/C12H7F17/c1-2-5(13,14)8(20,21)10(24,25)12(28,29)11(26,27)9(22,23)6(15,16)3-4-7(17,18)19/h2H,1,3-4H2. The molecule has 0 aliphatic heterocycles. The zero-order valence-electron chi connectivity index (χ0n) is 13.1. The molecule has 174 valence electrons. The first-order valence-electron chi connectivity index (χ1n) is 6.62. The second kappa shape index (κ2) is 7.06. The molecule has 0 spiro atoms. The number of halogens is 17. The second-order valence-electron chi connectivity index (χ2n) is 5.52. The first-order chi connectivity index (χ1) is 12.3. The maximum Gasteiger partial charge on any atom is 0.389 e. The van der Waals surface area contributed by atoms with Crippen LogP contribution >= 0.6 is 0 Å². The molecule has 0 atom stereocenters. The minimum Gasteiger partial charge on any atom is -0.200 e. The van der Waals surface area contributed by atoms with Gasteiger partial charge in [-0.3, -0.25) is 0 Å². The van der Waals surface area contributed by atoms with E-state index in [1.54, 1.807) is 0 Å². The molecule has 0 unspecified atom stereocenters. The van der Waals surface area contributed by atoms with Crippen molar-refractivity contribution >= 4 is 0 Å². The van der Waals surface area contributed by atoms with E-state index in [0.29, 0.717) is 0 Å². The largest absolute Gasteiger partial charge is 0.389 e. The molecular formula is C12H7F17. The quantitative estimate of drug-likeness (QED) is 0.250. The Morgan fingerprint density at radius 3 is 1.07 bits per heavy atom. The Kier molecular flexibility index (Phi) is 6.71. The summed E-state index contributed by atoms with van der Waals surface area (Å²) in [5.74, 6) is -53.2. The van der Waals surface area contributed by atoms with Gasteiger partial charge in [0.25, 0.3) is 0 Å². The summed E-state index contributed by atoms with van der Waals surface area (Å²) in [4.78, 5) is 0. The molecule has 0 fully saturated rings. The van der Waals surface area contributed by atoms with E-state index in [-0.39, 0.29) is 0 Å². The van der Waals surface area contributed by atoms with Crippen molar-refractivity contribution in [1.82, 2.24) is 0 Å². The van der Waals surface area contributed by atoms with E-state index in [9.17, 15) is 74.6 Å². The summed E-state index contributed by atoms with van der Waals surface area (Å²) >= 11 is 0. The summed E-state index contributed by atoms with van der Waals surface area (Å²) in [5.41, 5.74) is 0. The highest BCUT2D eigenvalue weighted by atomic mass is 19.4. The summed E-state index contributed by atoms with van der Waals surface area (Å²) in [6, 6.07) is 0. The summed E-state index contributed by atoms with van der Waals surface area (Å²) in [6.07, 6.45) is -13.5. The third kappa shape index (κ3) is 4.09. The summed E-state index contributed by atoms with van der Waals surface area (Å²) < 4.78 is 219. The van der Waals surface area contributed by atoms with Gasteiger partial charge in [0.1, 0.15) is 0 Å². The van der Waals surface area contributed by atoms with Crippen molar-refractivity contribution < 1.29 is 74.6 Å². The van der Waals surface area contributed by atoms with E-state index in [1.165, 1.54) is 0 Å². The van der Waals surface area contributed by atoms with E-state index in [4.69, 9.17) is 0 Å². The van der Waals surface area contributed by atoms with Gasteiger partial charge < -0.3 is 0 Å². The normalized spacial score (nSPS) is 16.2. The van der Waals surface area contributed by atoms with E-state index < -0.39 is 66.6 Å². The molecule has 29 heavy (non-hydrogen) atoms. The van der Waals surface area contributed by atoms with E-state index in [2.05, 4.69) is 0 Å². The van der Waals surface area contributed by atoms with Crippen LogP contribution in [0.3, 0.4) is 0 Å². The lowest BCUT2D eigenvalue weighted by molar-refractivity contribution is -0.438. The van der Waals surface area contributed by atoms with Gasteiger partial charge in [-0.25, -0.2) is 0 Å². The van der Waals surface area contributed by atoms with Crippen LogP contribution in [0, 0.1) is 0 Å². The number of allylic oxidation sites excluding steroid dienone is 1. The van der Waals surface area contributed by atoms with Crippen LogP contribution in [0.2, 0.25) is 0 Å². The minimum absolute atomic E-state index is 1.44. The van der Waals surface area contributed by atoms with Gasteiger partial charge in [-0.05, 0) is 6.08 Å². The average Bonchev–Trinajstić information content (AvgIpc) is 2.51. The van der Waals surface area contributed by atoms with Crippen LogP contribution in [0.4, 0.5) is 74.6 Å². The number of rotatable bonds is 9. The first kappa shape index (κ1) is 27.5. The Hall–Kier alpha value is -1.45. The molecule has 0 N–H and O–H groups in total. The van der Waals surface area contributed by atoms with Gasteiger partial charge in [0, 0.05) is 12.8 Å². The monoisotopic (exact) mass is 474 g/mol. The van der Waals surface area contributed by atoms with Crippen molar-refractivity contribution in [2.75, 3.05) is 0 Å². The van der Waals surface area contributed by atoms with Crippen molar-refractivity contribution in [1.29, 1.82) is 0 Å². The summed E-state index contributed by atoms with van der Waals surface area (Å²) in [7, 11) is 0. The molecule has 0 nitrogen and oxygen atoms in total. The minimum atomic E-state index is -8.30. The highest BCUT2D eigenvalue weighted by Gasteiger charge is 2.92. The smallest absolute Gasteiger partial charge is 0.200 e. The van der Waals surface area contributed by atoms with Crippen molar-refractivity contribution in [2.24, 2.45) is 0 Å². The van der Waals surface area contributed by atoms with Crippen LogP contribution in [-0.4, -0.2) is 47.6 Å². The first-order valence-corrected chi connectivity index (χ1v) is 6.62. The molecule has 17 heteroatoms. The van der Waals surface area contributed by atoms with Crippen molar-refractivity contribution in [3.63, 3.8) is 0 Å². The molecule has 0 aliphatic carbocycles. The molecule has 0 heterocycles. The van der Waals surface area contributed by atoms with Gasteiger partial charge >= 0.3 is 47.6 Å². The van der Waals surface area contributed by atoms with Crippen LogP contribution in [0.15, 0.2) is 12.7 Å². The van der Waals surface area contributed by atoms with Crippen LogP contribution in [0.25, 0.3) is 0 Å². The zero-order chi connectivity index (χ0) is 24.1. The fourth-order valence-corrected chi connectivity index (χ4v) is 1.61. The van der Waals surface area contributed by atoms with Crippen molar-refractivity contribution in [3.8, 4) is 0 Å². The Morgan fingerprint density at radius 2 is 0.759 bits per heavy atom. The van der Waals surface area contributed by atoms with Crippen LogP contribution in [0.1, 0.15) is 12.8 Å². The summed E-state index contributed by atoms with van der Waals surface area (Å²) in [6.45, 7) is 1.82. The van der Waals surface area contributed by atoms with Gasteiger partial charge in [-0.15, -0.1) is 0 Å². The maximum atomic E-state index is 13.3. The van der Waals surface area contributed by atoms with E-state index >= 15 is 0 Å². The number of alkyl halides is 17. The zero-order valence-corrected chi connectivity index (χ0v) is 13.1. The lowest BCUT2D eigenvalue weighted by Gasteiger charge is -2.42. The topological polar surface area (TPSA) is 0 Å². The lowest BCUT2D eigenvalue weighted by atomic mass is 9.88. The van der Waals surface area contributed by atoms with E-state index in [1.807, 2.05) is 6.58 Å². The molecule has 0 saturated heterocycles. The molecule has 0 aromatic heterocycles. The Balaban J connectivity index is 6.41. The average molecular weight is 474 g/mol. The second-order valence-corrected chi connectivity index (χ2v) is 5.52. The van der Waals surface area contributed by atoms with Crippen molar-refractivity contribution in [2.45, 2.75) is 60.5 Å². The third-order valence-electron chi connectivity index (χ3n) is 3.43. The van der Waals surface area contributed by atoms with E-state index in [0.717, 1.165) is 0 Å². The molecule has 0 aliphatic rings. The fourth-order valence-electron chi connectivity index (χ4n) is 1.61. The van der Waals surface area contributed by atoms with Gasteiger partial charge in [0.05, 0.1) is 0 Å². The van der Waals surface area contributed by atoms with Crippen LogP contribution < -0.4 is 0 Å². The maximum absolute atomic E-state index is 13.3. The van der Waals surface area contributed by atoms with Gasteiger partial charge in [0.2, 0.25) is 0 Å². The lowest BCUT2D eigenvalue weighted by Crippen LogP contribution is -2.72. The van der Waals surface area contributed by atoms with Gasteiger partial charge in [0.15, 0.2) is 0 Å².